The van der Waals surface area contributed by atoms with Crippen LogP contribution < -0.4 is 26.8 Å². The second-order valence-corrected chi connectivity index (χ2v) is 8.59. The van der Waals surface area contributed by atoms with Gasteiger partial charge in [-0.25, -0.2) is 4.79 Å². The largest absolute Gasteiger partial charge is 0.383 e. The molecule has 0 radical (unpaired) electrons. The maximum absolute atomic E-state index is 13.4. The van der Waals surface area contributed by atoms with Crippen molar-refractivity contribution < 1.29 is 9.69 Å². The Kier molecular flexibility index (Phi) is 7.68. The van der Waals surface area contributed by atoms with Gasteiger partial charge in [0.05, 0.1) is 19.6 Å². The lowest BCUT2D eigenvalue weighted by atomic mass is 10.0. The minimum absolute atomic E-state index is 0.0495. The van der Waals surface area contributed by atoms with Crippen LogP contribution in [0, 0.1) is 5.92 Å². The number of aromatic amines is 1. The number of likely N-dealkylation sites (tertiary alicyclic amines) is 1. The highest BCUT2D eigenvalue weighted by Crippen LogP contribution is 2.20. The second kappa shape index (κ2) is 10.4. The van der Waals surface area contributed by atoms with Crippen molar-refractivity contribution in [3.8, 4) is 0 Å². The van der Waals surface area contributed by atoms with Gasteiger partial charge in [-0.3, -0.25) is 24.0 Å². The number of carbonyl (C=O) groups excluding carboxylic acids is 1. The first-order valence-corrected chi connectivity index (χ1v) is 11.2. The first-order chi connectivity index (χ1) is 14.9. The first-order valence-electron chi connectivity index (χ1n) is 11.2. The van der Waals surface area contributed by atoms with Crippen LogP contribution in [0.2, 0.25) is 0 Å². The minimum Gasteiger partial charge on any atom is -0.383 e. The van der Waals surface area contributed by atoms with Gasteiger partial charge in [0.1, 0.15) is 5.82 Å². The van der Waals surface area contributed by atoms with E-state index >= 15 is 0 Å². The van der Waals surface area contributed by atoms with Gasteiger partial charge in [0.15, 0.2) is 12.2 Å². The SMILES string of the molecule is CCCCn1c(N)c(N(Cc2ccccc2)C(=O)C[NH+]2CCC[C@@H](C)C2)c(=O)[nH]c1=O. The van der Waals surface area contributed by atoms with Gasteiger partial charge in [-0.15, -0.1) is 0 Å². The third kappa shape index (κ3) is 5.64. The summed E-state index contributed by atoms with van der Waals surface area (Å²) in [6.45, 7) is 7.02. The van der Waals surface area contributed by atoms with E-state index in [1.807, 2.05) is 37.3 Å². The highest BCUT2D eigenvalue weighted by atomic mass is 16.2. The van der Waals surface area contributed by atoms with Gasteiger partial charge >= 0.3 is 5.69 Å². The van der Waals surface area contributed by atoms with Crippen molar-refractivity contribution >= 4 is 17.4 Å². The van der Waals surface area contributed by atoms with Gasteiger partial charge in [0, 0.05) is 12.5 Å². The molecule has 0 saturated carbocycles. The van der Waals surface area contributed by atoms with Crippen LogP contribution in [0.5, 0.6) is 0 Å². The van der Waals surface area contributed by atoms with E-state index in [2.05, 4.69) is 11.9 Å². The molecule has 1 fully saturated rings. The zero-order valence-electron chi connectivity index (χ0n) is 18.5. The molecule has 1 aliphatic heterocycles. The predicted molar refractivity (Wildman–Crippen MR) is 122 cm³/mol. The van der Waals surface area contributed by atoms with E-state index < -0.39 is 11.2 Å². The molecule has 1 aromatic heterocycles. The molecule has 31 heavy (non-hydrogen) atoms. The molecule has 0 bridgehead atoms. The summed E-state index contributed by atoms with van der Waals surface area (Å²) in [6.07, 6.45) is 3.90. The number of aromatic nitrogens is 2. The number of quaternary nitrogens is 1. The molecule has 168 valence electrons. The molecule has 8 heteroatoms. The number of nitrogens with one attached hydrogen (secondary N) is 2. The van der Waals surface area contributed by atoms with E-state index in [4.69, 9.17) is 5.73 Å². The number of unbranched alkanes of at least 4 members (excludes halogenated alkanes) is 1. The number of rotatable bonds is 8. The summed E-state index contributed by atoms with van der Waals surface area (Å²) in [4.78, 5) is 43.6. The molecule has 1 saturated heterocycles. The van der Waals surface area contributed by atoms with E-state index in [1.165, 1.54) is 20.8 Å². The number of H-pyrrole nitrogens is 1. The van der Waals surface area contributed by atoms with E-state index in [0.29, 0.717) is 19.0 Å². The molecule has 4 N–H and O–H groups in total. The monoisotopic (exact) mass is 428 g/mol. The van der Waals surface area contributed by atoms with Crippen molar-refractivity contribution in [3.05, 3.63) is 56.7 Å². The lowest BCUT2D eigenvalue weighted by Crippen LogP contribution is -3.14. The maximum atomic E-state index is 13.4. The Hall–Kier alpha value is -2.87. The van der Waals surface area contributed by atoms with Gasteiger partial charge in [0.25, 0.3) is 11.5 Å². The van der Waals surface area contributed by atoms with Crippen molar-refractivity contribution in [2.75, 3.05) is 30.3 Å². The molecular formula is C23H34N5O3+. The summed E-state index contributed by atoms with van der Waals surface area (Å²) in [5.74, 6) is 0.461. The molecule has 2 aromatic rings. The van der Waals surface area contributed by atoms with Crippen LogP contribution in [0.25, 0.3) is 0 Å². The van der Waals surface area contributed by atoms with Crippen LogP contribution in [0.4, 0.5) is 11.5 Å². The van der Waals surface area contributed by atoms with Gasteiger partial charge in [0.2, 0.25) is 0 Å². The van der Waals surface area contributed by atoms with Crippen LogP contribution in [-0.4, -0.2) is 35.1 Å². The molecule has 1 unspecified atom stereocenters. The highest BCUT2D eigenvalue weighted by Gasteiger charge is 2.29. The first kappa shape index (κ1) is 22.8. The third-order valence-electron chi connectivity index (χ3n) is 5.97. The summed E-state index contributed by atoms with van der Waals surface area (Å²) in [5.41, 5.74) is 6.11. The van der Waals surface area contributed by atoms with Crippen LogP contribution in [0.15, 0.2) is 39.9 Å². The van der Waals surface area contributed by atoms with Crippen LogP contribution in [-0.2, 0) is 17.9 Å². The van der Waals surface area contributed by atoms with Crippen molar-refractivity contribution in [2.24, 2.45) is 5.92 Å². The Bertz CT molecular complexity index is 999. The zero-order chi connectivity index (χ0) is 22.4. The van der Waals surface area contributed by atoms with E-state index in [-0.39, 0.29) is 24.0 Å². The smallest absolute Gasteiger partial charge is 0.330 e. The fourth-order valence-electron chi connectivity index (χ4n) is 4.30. The summed E-state index contributed by atoms with van der Waals surface area (Å²) in [5, 5.41) is 0. The summed E-state index contributed by atoms with van der Waals surface area (Å²) in [6, 6.07) is 9.51. The van der Waals surface area contributed by atoms with Gasteiger partial charge in [-0.05, 0) is 24.8 Å². The number of benzene rings is 1. The molecule has 1 amide bonds. The topological polar surface area (TPSA) is 106 Å². The molecule has 2 heterocycles. The number of hydrogen-bond donors (Lipinski definition) is 3. The second-order valence-electron chi connectivity index (χ2n) is 8.59. The Morgan fingerprint density at radius 3 is 2.71 bits per heavy atom. The number of nitrogens with zero attached hydrogens (tertiary/aromatic N) is 2. The Labute approximate surface area is 182 Å². The zero-order valence-corrected chi connectivity index (χ0v) is 18.5. The lowest BCUT2D eigenvalue weighted by Gasteiger charge is -2.30. The molecular weight excluding hydrogens is 394 g/mol. The number of hydrogen-bond acceptors (Lipinski definition) is 4. The fourth-order valence-corrected chi connectivity index (χ4v) is 4.30. The normalized spacial score (nSPS) is 18.6. The third-order valence-corrected chi connectivity index (χ3v) is 5.97. The van der Waals surface area contributed by atoms with Gasteiger partial charge in [-0.1, -0.05) is 50.6 Å². The Morgan fingerprint density at radius 2 is 2.03 bits per heavy atom. The van der Waals surface area contributed by atoms with Crippen LogP contribution in [0.1, 0.15) is 45.1 Å². The standard InChI is InChI=1S/C23H33N5O3/c1-3-4-13-27-21(24)20(22(30)25-23(27)31)28(15-18-10-6-5-7-11-18)19(29)16-26-12-8-9-17(2)14-26/h5-7,10-11,17H,3-4,8-9,12-16,24H2,1-2H3,(H,25,30,31)/p+1/t17-/m1/s1. The molecule has 8 nitrogen and oxygen atoms in total. The number of nitrogens with two attached hydrogens (primary N) is 1. The van der Waals surface area contributed by atoms with Crippen molar-refractivity contribution in [2.45, 2.75) is 52.6 Å². The number of amides is 1. The number of nitrogen functional groups attached to an aromatic ring is 1. The Balaban J connectivity index is 1.98. The summed E-state index contributed by atoms with van der Waals surface area (Å²) >= 11 is 0. The lowest BCUT2D eigenvalue weighted by molar-refractivity contribution is -0.900. The van der Waals surface area contributed by atoms with E-state index in [1.54, 1.807) is 0 Å². The number of piperidine rings is 1. The summed E-state index contributed by atoms with van der Waals surface area (Å²) in [7, 11) is 0. The minimum atomic E-state index is -0.624. The van der Waals surface area contributed by atoms with Gasteiger partial charge < -0.3 is 10.6 Å². The van der Waals surface area contributed by atoms with Crippen LogP contribution >= 0.6 is 0 Å². The molecule has 0 aliphatic carbocycles. The van der Waals surface area contributed by atoms with Crippen LogP contribution in [0.3, 0.4) is 0 Å². The predicted octanol–water partition coefficient (Wildman–Crippen LogP) is 0.767. The van der Waals surface area contributed by atoms with Gasteiger partial charge in [-0.2, -0.15) is 0 Å². The molecule has 0 spiro atoms. The fraction of sp³-hybridized carbons (Fsp3) is 0.522. The quantitative estimate of drug-likeness (QED) is 0.577. The average Bonchev–Trinajstić information content (AvgIpc) is 2.73. The van der Waals surface area contributed by atoms with Crippen molar-refractivity contribution in [3.63, 3.8) is 0 Å². The van der Waals surface area contributed by atoms with E-state index in [9.17, 15) is 14.4 Å². The summed E-state index contributed by atoms with van der Waals surface area (Å²) < 4.78 is 1.36. The van der Waals surface area contributed by atoms with E-state index in [0.717, 1.165) is 37.9 Å². The molecule has 1 aliphatic rings. The van der Waals surface area contributed by atoms with Crippen molar-refractivity contribution in [1.82, 2.24) is 9.55 Å². The number of carbonyl (C=O) groups is 1. The number of anilines is 2. The molecule has 3 rings (SSSR count). The maximum Gasteiger partial charge on any atom is 0.330 e. The molecule has 2 atom stereocenters. The van der Waals surface area contributed by atoms with Crippen molar-refractivity contribution in [1.29, 1.82) is 0 Å². The average molecular weight is 429 g/mol. The molecule has 1 aromatic carbocycles. The highest BCUT2D eigenvalue weighted by molar-refractivity contribution is 5.96. The Morgan fingerprint density at radius 1 is 1.29 bits per heavy atom.